The third-order valence-electron chi connectivity index (χ3n) is 4.38. The van der Waals surface area contributed by atoms with E-state index in [1.54, 1.807) is 30.8 Å². The number of benzene rings is 2. The second-order valence-electron chi connectivity index (χ2n) is 6.44. The number of carbonyl (C=O) groups is 1. The molecule has 7 heteroatoms. The van der Waals surface area contributed by atoms with Crippen LogP contribution in [0.15, 0.2) is 47.6 Å². The number of fused-ring (bicyclic) bond motifs is 1. The van der Waals surface area contributed by atoms with Crippen LogP contribution in [0.25, 0.3) is 11.0 Å². The van der Waals surface area contributed by atoms with Crippen molar-refractivity contribution < 1.29 is 14.3 Å². The maximum atomic E-state index is 12.1. The Bertz CT molecular complexity index is 957. The minimum absolute atomic E-state index is 0.323. The monoisotopic (exact) mass is 432 g/mol. The van der Waals surface area contributed by atoms with Gasteiger partial charge in [0.15, 0.2) is 5.16 Å². The molecule has 0 aliphatic carbocycles. The van der Waals surface area contributed by atoms with E-state index in [2.05, 4.69) is 4.57 Å². The molecule has 3 rings (SSSR count). The number of halogens is 1. The van der Waals surface area contributed by atoms with Crippen LogP contribution in [-0.2, 0) is 21.8 Å². The Kier molecular flexibility index (Phi) is 7.98. The first-order valence-corrected chi connectivity index (χ1v) is 11.1. The van der Waals surface area contributed by atoms with Gasteiger partial charge in [0.1, 0.15) is 0 Å². The van der Waals surface area contributed by atoms with Gasteiger partial charge in [0.05, 0.1) is 23.2 Å². The van der Waals surface area contributed by atoms with Crippen molar-refractivity contribution in [1.29, 1.82) is 0 Å². The molecule has 1 aromatic heterocycles. The normalized spacial score (nSPS) is 11.1. The van der Waals surface area contributed by atoms with Gasteiger partial charge in [-0.2, -0.15) is 0 Å². The largest absolute Gasteiger partial charge is 0.462 e. The molecule has 3 aromatic rings. The highest BCUT2D eigenvalue weighted by atomic mass is 35.5. The highest BCUT2D eigenvalue weighted by molar-refractivity contribution is 7.98. The number of aryl methyl sites for hydroxylation is 1. The molecule has 0 fully saturated rings. The molecule has 1 heterocycles. The Labute approximate surface area is 180 Å². The van der Waals surface area contributed by atoms with E-state index in [0.717, 1.165) is 39.9 Å². The SMILES string of the molecule is CCOCCCn1c(SCc2ccc(Cl)cc2)nc2cc(C(=O)OCC)ccc21. The molecule has 2 aromatic carbocycles. The van der Waals surface area contributed by atoms with Gasteiger partial charge in [-0.1, -0.05) is 35.5 Å². The lowest BCUT2D eigenvalue weighted by Gasteiger charge is -2.09. The number of aromatic nitrogens is 2. The van der Waals surface area contributed by atoms with Gasteiger partial charge >= 0.3 is 5.97 Å². The lowest BCUT2D eigenvalue weighted by atomic mass is 10.2. The van der Waals surface area contributed by atoms with Gasteiger partial charge in [-0.05, 0) is 56.2 Å². The van der Waals surface area contributed by atoms with Crippen LogP contribution in [0.4, 0.5) is 0 Å². The molecule has 154 valence electrons. The van der Waals surface area contributed by atoms with Crippen LogP contribution in [0.1, 0.15) is 36.2 Å². The minimum atomic E-state index is -0.323. The van der Waals surface area contributed by atoms with Crippen LogP contribution >= 0.6 is 23.4 Å². The van der Waals surface area contributed by atoms with Crippen molar-refractivity contribution >= 4 is 40.4 Å². The molecule has 0 radical (unpaired) electrons. The molecular weight excluding hydrogens is 408 g/mol. The smallest absolute Gasteiger partial charge is 0.338 e. The lowest BCUT2D eigenvalue weighted by Crippen LogP contribution is -2.05. The third-order valence-corrected chi connectivity index (χ3v) is 5.68. The van der Waals surface area contributed by atoms with Crippen molar-refractivity contribution in [2.45, 2.75) is 37.7 Å². The number of hydrogen-bond donors (Lipinski definition) is 0. The standard InChI is InChI=1S/C22H25ClN2O3S/c1-3-27-13-5-12-25-20-11-8-17(21(26)28-4-2)14-19(20)24-22(25)29-15-16-6-9-18(23)10-7-16/h6-11,14H,3-5,12-13,15H2,1-2H3. The molecule has 0 aliphatic heterocycles. The summed E-state index contributed by atoms with van der Waals surface area (Å²) in [6.45, 7) is 6.37. The second kappa shape index (κ2) is 10.7. The summed E-state index contributed by atoms with van der Waals surface area (Å²) < 4.78 is 12.8. The first-order chi connectivity index (χ1) is 14.1. The number of ether oxygens (including phenoxy) is 2. The van der Waals surface area contributed by atoms with E-state index < -0.39 is 0 Å². The predicted octanol–water partition coefficient (Wildman–Crippen LogP) is 5.59. The molecule has 0 N–H and O–H groups in total. The van der Waals surface area contributed by atoms with Gasteiger partial charge in [-0.15, -0.1) is 0 Å². The van der Waals surface area contributed by atoms with Crippen molar-refractivity contribution in [3.05, 3.63) is 58.6 Å². The maximum Gasteiger partial charge on any atom is 0.338 e. The molecular formula is C22H25ClN2O3S. The van der Waals surface area contributed by atoms with Crippen molar-refractivity contribution in [2.75, 3.05) is 19.8 Å². The molecule has 0 aliphatic rings. The van der Waals surface area contributed by atoms with Crippen molar-refractivity contribution in [3.63, 3.8) is 0 Å². The van der Waals surface area contributed by atoms with Crippen molar-refractivity contribution in [1.82, 2.24) is 9.55 Å². The zero-order chi connectivity index (χ0) is 20.6. The Morgan fingerprint density at radius 3 is 2.66 bits per heavy atom. The van der Waals surface area contributed by atoms with Gasteiger partial charge in [0.25, 0.3) is 0 Å². The maximum absolute atomic E-state index is 12.1. The van der Waals surface area contributed by atoms with Crippen LogP contribution in [-0.4, -0.2) is 35.3 Å². The summed E-state index contributed by atoms with van der Waals surface area (Å²) in [6.07, 6.45) is 0.896. The molecule has 0 spiro atoms. The van der Waals surface area contributed by atoms with E-state index >= 15 is 0 Å². The van der Waals surface area contributed by atoms with Gasteiger partial charge in [0.2, 0.25) is 0 Å². The topological polar surface area (TPSA) is 53.4 Å². The summed E-state index contributed by atoms with van der Waals surface area (Å²) in [4.78, 5) is 16.9. The number of carbonyl (C=O) groups excluding carboxylic acids is 1. The van der Waals surface area contributed by atoms with Crippen LogP contribution in [0, 0.1) is 0 Å². The summed E-state index contributed by atoms with van der Waals surface area (Å²) in [5.74, 6) is 0.465. The van der Waals surface area contributed by atoms with Crippen LogP contribution < -0.4 is 0 Å². The average molecular weight is 433 g/mol. The Hall–Kier alpha value is -2.02. The zero-order valence-corrected chi connectivity index (χ0v) is 18.3. The number of hydrogen-bond acceptors (Lipinski definition) is 5. The number of rotatable bonds is 10. The third kappa shape index (κ3) is 5.75. The first-order valence-electron chi connectivity index (χ1n) is 9.74. The minimum Gasteiger partial charge on any atom is -0.462 e. The fourth-order valence-electron chi connectivity index (χ4n) is 2.97. The Morgan fingerprint density at radius 2 is 1.93 bits per heavy atom. The molecule has 0 saturated carbocycles. The van der Waals surface area contributed by atoms with Gasteiger partial charge < -0.3 is 14.0 Å². The van der Waals surface area contributed by atoms with Crippen LogP contribution in [0.5, 0.6) is 0 Å². The quantitative estimate of drug-likeness (QED) is 0.237. The number of thioether (sulfide) groups is 1. The van der Waals surface area contributed by atoms with E-state index in [4.69, 9.17) is 26.1 Å². The van der Waals surface area contributed by atoms with E-state index in [0.29, 0.717) is 25.4 Å². The van der Waals surface area contributed by atoms with E-state index in [9.17, 15) is 4.79 Å². The van der Waals surface area contributed by atoms with Gasteiger partial charge in [-0.3, -0.25) is 0 Å². The Morgan fingerprint density at radius 1 is 1.14 bits per heavy atom. The molecule has 0 saturated heterocycles. The number of nitrogens with zero attached hydrogens (tertiary/aromatic N) is 2. The molecule has 0 unspecified atom stereocenters. The second-order valence-corrected chi connectivity index (χ2v) is 7.81. The summed E-state index contributed by atoms with van der Waals surface area (Å²) in [6, 6.07) is 13.4. The molecule has 0 atom stereocenters. The highest BCUT2D eigenvalue weighted by Crippen LogP contribution is 2.28. The summed E-state index contributed by atoms with van der Waals surface area (Å²) >= 11 is 7.65. The Balaban J connectivity index is 1.85. The molecule has 0 bridgehead atoms. The lowest BCUT2D eigenvalue weighted by molar-refractivity contribution is 0.0526. The number of esters is 1. The van der Waals surface area contributed by atoms with Gasteiger partial charge in [-0.25, -0.2) is 9.78 Å². The molecule has 5 nitrogen and oxygen atoms in total. The predicted molar refractivity (Wildman–Crippen MR) is 118 cm³/mol. The highest BCUT2D eigenvalue weighted by Gasteiger charge is 2.15. The molecule has 0 amide bonds. The van der Waals surface area contributed by atoms with Crippen molar-refractivity contribution in [2.24, 2.45) is 0 Å². The fraction of sp³-hybridized carbons (Fsp3) is 0.364. The van der Waals surface area contributed by atoms with Crippen molar-refractivity contribution in [3.8, 4) is 0 Å². The fourth-order valence-corrected chi connectivity index (χ4v) is 4.10. The summed E-state index contributed by atoms with van der Waals surface area (Å²) in [5, 5.41) is 1.65. The van der Waals surface area contributed by atoms with Gasteiger partial charge in [0, 0.05) is 30.5 Å². The number of imidazole rings is 1. The molecule has 29 heavy (non-hydrogen) atoms. The average Bonchev–Trinajstić information content (AvgIpc) is 3.07. The van der Waals surface area contributed by atoms with Crippen LogP contribution in [0.2, 0.25) is 5.02 Å². The van der Waals surface area contributed by atoms with E-state index in [-0.39, 0.29) is 5.97 Å². The summed E-state index contributed by atoms with van der Waals surface area (Å²) in [5.41, 5.74) is 3.51. The zero-order valence-electron chi connectivity index (χ0n) is 16.7. The first kappa shape index (κ1) is 21.7. The summed E-state index contributed by atoms with van der Waals surface area (Å²) in [7, 11) is 0. The van der Waals surface area contributed by atoms with E-state index in [1.165, 1.54) is 5.56 Å². The van der Waals surface area contributed by atoms with E-state index in [1.807, 2.05) is 37.3 Å². The van der Waals surface area contributed by atoms with Crippen LogP contribution in [0.3, 0.4) is 0 Å².